The lowest BCUT2D eigenvalue weighted by Crippen LogP contribution is -2.03. The van der Waals surface area contributed by atoms with E-state index in [1.54, 1.807) is 11.3 Å². The molecule has 2 aromatic rings. The van der Waals surface area contributed by atoms with Crippen LogP contribution in [0.2, 0.25) is 0 Å². The summed E-state index contributed by atoms with van der Waals surface area (Å²) in [5.41, 5.74) is 5.90. The summed E-state index contributed by atoms with van der Waals surface area (Å²) in [4.78, 5) is 4.67. The number of hydrogen-bond acceptors (Lipinski definition) is 3. The van der Waals surface area contributed by atoms with Crippen LogP contribution in [0.1, 0.15) is 31.9 Å². The van der Waals surface area contributed by atoms with E-state index in [4.69, 9.17) is 0 Å². The molecule has 0 aliphatic rings. The van der Waals surface area contributed by atoms with Crippen molar-refractivity contribution in [1.82, 2.24) is 4.98 Å². The van der Waals surface area contributed by atoms with Crippen molar-refractivity contribution in [3.8, 4) is 11.3 Å². The number of nitrogens with zero attached hydrogens (tertiary/aromatic N) is 1. The number of nitrogens with one attached hydrogen (secondary N) is 1. The first kappa shape index (κ1) is 14.8. The molecule has 0 bridgehead atoms. The third-order valence-electron chi connectivity index (χ3n) is 3.44. The number of aryl methyl sites for hydroxylation is 2. The van der Waals surface area contributed by atoms with Gasteiger partial charge in [-0.15, -0.1) is 11.3 Å². The number of rotatable bonds is 5. The summed E-state index contributed by atoms with van der Waals surface area (Å²) >= 11 is 1.63. The quantitative estimate of drug-likeness (QED) is 0.810. The molecule has 0 aliphatic heterocycles. The Balaban J connectivity index is 2.22. The third-order valence-corrected chi connectivity index (χ3v) is 4.20. The van der Waals surface area contributed by atoms with Crippen LogP contribution in [0.3, 0.4) is 0 Å². The SMILES string of the molecule is C=C(Nc1nc(-c2ccc(CC)cc2C)cs1)C(C)C. The fourth-order valence-corrected chi connectivity index (χ4v) is 2.71. The zero-order valence-corrected chi connectivity index (χ0v) is 13.5. The molecule has 0 saturated carbocycles. The van der Waals surface area contributed by atoms with Crippen LogP contribution in [0.25, 0.3) is 11.3 Å². The molecule has 0 atom stereocenters. The van der Waals surface area contributed by atoms with Gasteiger partial charge in [0, 0.05) is 16.6 Å². The molecule has 2 nitrogen and oxygen atoms in total. The minimum atomic E-state index is 0.410. The molecule has 0 spiro atoms. The van der Waals surface area contributed by atoms with Crippen molar-refractivity contribution >= 4 is 16.5 Å². The van der Waals surface area contributed by atoms with Gasteiger partial charge in [0.2, 0.25) is 0 Å². The summed E-state index contributed by atoms with van der Waals surface area (Å²) in [6.07, 6.45) is 1.07. The number of thiazole rings is 1. The van der Waals surface area contributed by atoms with Gasteiger partial charge in [0.05, 0.1) is 5.69 Å². The predicted octanol–water partition coefficient (Wildman–Crippen LogP) is 5.26. The van der Waals surface area contributed by atoms with Gasteiger partial charge in [-0.1, -0.05) is 45.5 Å². The molecule has 0 aliphatic carbocycles. The van der Waals surface area contributed by atoms with Gasteiger partial charge >= 0.3 is 0 Å². The highest BCUT2D eigenvalue weighted by atomic mass is 32.1. The van der Waals surface area contributed by atoms with E-state index < -0.39 is 0 Å². The highest BCUT2D eigenvalue weighted by molar-refractivity contribution is 7.14. The zero-order valence-electron chi connectivity index (χ0n) is 12.7. The monoisotopic (exact) mass is 286 g/mol. The molecule has 0 fully saturated rings. The lowest BCUT2D eigenvalue weighted by molar-refractivity contribution is 0.778. The molecule has 3 heteroatoms. The van der Waals surface area contributed by atoms with Crippen LogP contribution in [0.5, 0.6) is 0 Å². The van der Waals surface area contributed by atoms with Crippen LogP contribution < -0.4 is 5.32 Å². The molecule has 0 amide bonds. The second kappa shape index (κ2) is 6.23. The van der Waals surface area contributed by atoms with E-state index in [0.717, 1.165) is 22.9 Å². The topological polar surface area (TPSA) is 24.9 Å². The van der Waals surface area contributed by atoms with Crippen LogP contribution in [0.15, 0.2) is 35.9 Å². The van der Waals surface area contributed by atoms with Gasteiger partial charge in [0.15, 0.2) is 5.13 Å². The van der Waals surface area contributed by atoms with E-state index in [9.17, 15) is 0 Å². The first-order valence-corrected chi connectivity index (χ1v) is 7.90. The molecular weight excluding hydrogens is 264 g/mol. The van der Waals surface area contributed by atoms with Gasteiger partial charge in [0.1, 0.15) is 0 Å². The van der Waals surface area contributed by atoms with E-state index >= 15 is 0 Å². The lowest BCUT2D eigenvalue weighted by Gasteiger charge is -2.09. The van der Waals surface area contributed by atoms with Crippen LogP contribution in [0.4, 0.5) is 5.13 Å². The second-order valence-corrected chi connectivity index (χ2v) is 6.20. The van der Waals surface area contributed by atoms with Gasteiger partial charge in [-0.05, 0) is 30.4 Å². The fraction of sp³-hybridized carbons (Fsp3) is 0.353. The van der Waals surface area contributed by atoms with Crippen LogP contribution in [0, 0.1) is 12.8 Å². The Hall–Kier alpha value is -1.61. The minimum absolute atomic E-state index is 0.410. The summed E-state index contributed by atoms with van der Waals surface area (Å²) in [6, 6.07) is 6.60. The van der Waals surface area contributed by atoms with E-state index in [1.807, 2.05) is 0 Å². The molecule has 0 radical (unpaired) electrons. The van der Waals surface area contributed by atoms with Crippen molar-refractivity contribution in [2.75, 3.05) is 5.32 Å². The van der Waals surface area contributed by atoms with Gasteiger partial charge in [-0.2, -0.15) is 0 Å². The van der Waals surface area contributed by atoms with Gasteiger partial charge < -0.3 is 5.32 Å². The molecule has 0 saturated heterocycles. The normalized spacial score (nSPS) is 10.8. The van der Waals surface area contributed by atoms with E-state index in [0.29, 0.717) is 5.92 Å². The fourth-order valence-electron chi connectivity index (χ4n) is 1.97. The number of allylic oxidation sites excluding steroid dienone is 1. The first-order valence-electron chi connectivity index (χ1n) is 7.02. The van der Waals surface area contributed by atoms with Gasteiger partial charge in [-0.3, -0.25) is 0 Å². The van der Waals surface area contributed by atoms with Crippen LogP contribution in [-0.4, -0.2) is 4.98 Å². The van der Waals surface area contributed by atoms with Crippen molar-refractivity contribution in [3.63, 3.8) is 0 Å². The number of anilines is 1. The second-order valence-electron chi connectivity index (χ2n) is 5.35. The molecular formula is C17H22N2S. The maximum Gasteiger partial charge on any atom is 0.187 e. The van der Waals surface area contributed by atoms with Crippen LogP contribution >= 0.6 is 11.3 Å². The smallest absolute Gasteiger partial charge is 0.187 e. The summed E-state index contributed by atoms with van der Waals surface area (Å²) < 4.78 is 0. The minimum Gasteiger partial charge on any atom is -0.336 e. The first-order chi connectivity index (χ1) is 9.51. The van der Waals surface area contributed by atoms with Crippen molar-refractivity contribution in [1.29, 1.82) is 0 Å². The number of benzene rings is 1. The molecule has 106 valence electrons. The summed E-state index contributed by atoms with van der Waals surface area (Å²) in [6.45, 7) is 12.6. The van der Waals surface area contributed by atoms with Crippen molar-refractivity contribution in [2.45, 2.75) is 34.1 Å². The Morgan fingerprint density at radius 2 is 2.15 bits per heavy atom. The third kappa shape index (κ3) is 3.28. The zero-order chi connectivity index (χ0) is 14.7. The average molecular weight is 286 g/mol. The standard InChI is InChI=1S/C17H22N2S/c1-6-14-7-8-15(12(4)9-14)16-10-20-17(19-16)18-13(5)11(2)3/h7-11H,5-6H2,1-4H3,(H,18,19). The maximum absolute atomic E-state index is 4.67. The maximum atomic E-state index is 4.67. The van der Waals surface area contributed by atoms with E-state index in [-0.39, 0.29) is 0 Å². The largest absolute Gasteiger partial charge is 0.336 e. The van der Waals surface area contributed by atoms with Crippen molar-refractivity contribution in [2.24, 2.45) is 5.92 Å². The Kier molecular flexibility index (Phi) is 4.61. The summed E-state index contributed by atoms with van der Waals surface area (Å²) in [7, 11) is 0. The number of aromatic nitrogens is 1. The van der Waals surface area contributed by atoms with Crippen molar-refractivity contribution in [3.05, 3.63) is 47.0 Å². The molecule has 1 N–H and O–H groups in total. The lowest BCUT2D eigenvalue weighted by atomic mass is 10.0. The highest BCUT2D eigenvalue weighted by Crippen LogP contribution is 2.29. The highest BCUT2D eigenvalue weighted by Gasteiger charge is 2.09. The predicted molar refractivity (Wildman–Crippen MR) is 89.3 cm³/mol. The Morgan fingerprint density at radius 3 is 2.75 bits per heavy atom. The van der Waals surface area contributed by atoms with E-state index in [1.165, 1.54) is 16.7 Å². The molecule has 1 aromatic heterocycles. The van der Waals surface area contributed by atoms with Gasteiger partial charge in [-0.25, -0.2) is 4.98 Å². The molecule has 0 unspecified atom stereocenters. The Morgan fingerprint density at radius 1 is 1.40 bits per heavy atom. The van der Waals surface area contributed by atoms with E-state index in [2.05, 4.69) is 68.2 Å². The molecule has 2 rings (SSSR count). The summed E-state index contributed by atoms with van der Waals surface area (Å²) in [5.74, 6) is 0.410. The molecule has 20 heavy (non-hydrogen) atoms. The number of hydrogen-bond donors (Lipinski definition) is 1. The summed E-state index contributed by atoms with van der Waals surface area (Å²) in [5, 5.41) is 6.30. The van der Waals surface area contributed by atoms with Gasteiger partial charge in [0.25, 0.3) is 0 Å². The molecule has 1 heterocycles. The Labute approximate surface area is 125 Å². The average Bonchev–Trinajstić information content (AvgIpc) is 2.86. The van der Waals surface area contributed by atoms with Crippen LogP contribution in [-0.2, 0) is 6.42 Å². The Bertz CT molecular complexity index is 611. The van der Waals surface area contributed by atoms with Crippen molar-refractivity contribution < 1.29 is 0 Å². The molecule has 1 aromatic carbocycles.